The van der Waals surface area contributed by atoms with Crippen LogP contribution in [0.15, 0.2) is 29.6 Å². The number of nitrogens with zero attached hydrogens (tertiary/aromatic N) is 3. The van der Waals surface area contributed by atoms with Crippen LogP contribution < -0.4 is 0 Å². The number of aryl methyl sites for hydroxylation is 1. The van der Waals surface area contributed by atoms with Crippen LogP contribution in [0.25, 0.3) is 16.3 Å². The fraction of sp³-hybridized carbons (Fsp3) is 0.154. The smallest absolute Gasteiger partial charge is 0.355 e. The molecule has 0 saturated heterocycles. The van der Waals surface area contributed by atoms with Crippen molar-refractivity contribution in [1.29, 1.82) is 0 Å². The Hall–Kier alpha value is -2.21. The van der Waals surface area contributed by atoms with Gasteiger partial charge in [-0.15, -0.1) is 16.4 Å². The van der Waals surface area contributed by atoms with E-state index in [-0.39, 0.29) is 5.69 Å². The molecule has 0 bridgehead atoms. The molecule has 0 radical (unpaired) electrons. The first-order valence-corrected chi connectivity index (χ1v) is 6.74. The van der Waals surface area contributed by atoms with Gasteiger partial charge in [-0.1, -0.05) is 31.2 Å². The summed E-state index contributed by atoms with van der Waals surface area (Å²) in [6, 6.07) is 7.97. The van der Waals surface area contributed by atoms with Crippen molar-refractivity contribution in [3.63, 3.8) is 0 Å². The van der Waals surface area contributed by atoms with Gasteiger partial charge in [0.1, 0.15) is 0 Å². The summed E-state index contributed by atoms with van der Waals surface area (Å²) < 4.78 is 1.37. The molecule has 0 aliphatic carbocycles. The first-order valence-electron chi connectivity index (χ1n) is 5.86. The molecule has 0 amide bonds. The van der Waals surface area contributed by atoms with Gasteiger partial charge in [-0.2, -0.15) is 9.50 Å². The van der Waals surface area contributed by atoms with Crippen molar-refractivity contribution in [2.24, 2.45) is 0 Å². The molecule has 2 heterocycles. The Bertz CT molecular complexity index is 743. The second-order valence-electron chi connectivity index (χ2n) is 4.11. The maximum absolute atomic E-state index is 11.0. The molecule has 1 aromatic carbocycles. The summed E-state index contributed by atoms with van der Waals surface area (Å²) in [5.74, 6) is -0.443. The molecule has 0 unspecified atom stereocenters. The van der Waals surface area contributed by atoms with E-state index in [1.165, 1.54) is 21.4 Å². The number of benzene rings is 1. The van der Waals surface area contributed by atoms with Gasteiger partial charge >= 0.3 is 5.97 Å². The van der Waals surface area contributed by atoms with Crippen LogP contribution >= 0.6 is 11.3 Å². The van der Waals surface area contributed by atoms with E-state index < -0.39 is 5.97 Å². The van der Waals surface area contributed by atoms with Gasteiger partial charge in [0.25, 0.3) is 0 Å². The number of thiazole rings is 1. The number of hydrogen-bond donors (Lipinski definition) is 1. The summed E-state index contributed by atoms with van der Waals surface area (Å²) >= 11 is 1.27. The number of carbonyl (C=O) groups is 1. The number of rotatable bonds is 3. The molecule has 1 N–H and O–H groups in total. The third-order valence-electron chi connectivity index (χ3n) is 2.92. The van der Waals surface area contributed by atoms with Crippen LogP contribution in [0.1, 0.15) is 23.0 Å². The molecule has 3 rings (SSSR count). The Balaban J connectivity index is 2.07. The van der Waals surface area contributed by atoms with Crippen LogP contribution in [0.3, 0.4) is 0 Å². The maximum atomic E-state index is 11.0. The predicted octanol–water partition coefficient (Wildman–Crippen LogP) is 2.72. The molecule has 0 saturated carbocycles. The lowest BCUT2D eigenvalue weighted by atomic mass is 10.1. The zero-order valence-corrected chi connectivity index (χ0v) is 11.0. The lowest BCUT2D eigenvalue weighted by Crippen LogP contribution is -2.01. The van der Waals surface area contributed by atoms with Gasteiger partial charge in [0.15, 0.2) is 11.5 Å². The average Bonchev–Trinajstić information content (AvgIpc) is 2.98. The molecule has 3 aromatic rings. The van der Waals surface area contributed by atoms with E-state index in [1.54, 1.807) is 5.38 Å². The SMILES string of the molecule is CCc1ccc(-c2nc3scc(C(=O)O)n3n2)cc1. The van der Waals surface area contributed by atoms with Crippen molar-refractivity contribution in [2.75, 3.05) is 0 Å². The highest BCUT2D eigenvalue weighted by atomic mass is 32.1. The number of aromatic nitrogens is 3. The molecular formula is C13H11N3O2S. The number of hydrogen-bond acceptors (Lipinski definition) is 4. The minimum Gasteiger partial charge on any atom is -0.476 e. The predicted molar refractivity (Wildman–Crippen MR) is 72.6 cm³/mol. The molecule has 6 heteroatoms. The van der Waals surface area contributed by atoms with Crippen molar-refractivity contribution < 1.29 is 9.90 Å². The monoisotopic (exact) mass is 273 g/mol. The normalized spacial score (nSPS) is 11.0. The summed E-state index contributed by atoms with van der Waals surface area (Å²) in [5.41, 5.74) is 2.28. The number of fused-ring (bicyclic) bond motifs is 1. The first-order chi connectivity index (χ1) is 9.19. The molecule has 0 spiro atoms. The Morgan fingerprint density at radius 3 is 2.74 bits per heavy atom. The summed E-state index contributed by atoms with van der Waals surface area (Å²) in [6.07, 6.45) is 0.981. The summed E-state index contributed by atoms with van der Waals surface area (Å²) in [7, 11) is 0. The van der Waals surface area contributed by atoms with E-state index in [0.29, 0.717) is 10.8 Å². The minimum atomic E-state index is -0.996. The largest absolute Gasteiger partial charge is 0.476 e. The van der Waals surface area contributed by atoms with Crippen LogP contribution in [-0.4, -0.2) is 25.7 Å². The van der Waals surface area contributed by atoms with Gasteiger partial charge < -0.3 is 5.11 Å². The van der Waals surface area contributed by atoms with Gasteiger partial charge in [0, 0.05) is 10.9 Å². The van der Waals surface area contributed by atoms with E-state index in [1.807, 2.05) is 24.3 Å². The Kier molecular flexibility index (Phi) is 2.79. The van der Waals surface area contributed by atoms with Crippen LogP contribution in [0.2, 0.25) is 0 Å². The standard InChI is InChI=1S/C13H11N3O2S/c1-2-8-3-5-9(6-4-8)11-14-13-16(15-11)10(7-19-13)12(17)18/h3-7H,2H2,1H3,(H,17,18). The molecule has 96 valence electrons. The number of aromatic carboxylic acids is 1. The second-order valence-corrected chi connectivity index (χ2v) is 4.94. The minimum absolute atomic E-state index is 0.143. The Morgan fingerprint density at radius 2 is 2.11 bits per heavy atom. The van der Waals surface area contributed by atoms with E-state index in [2.05, 4.69) is 17.0 Å². The van der Waals surface area contributed by atoms with E-state index in [4.69, 9.17) is 5.11 Å². The van der Waals surface area contributed by atoms with Crippen LogP contribution in [0, 0.1) is 0 Å². The van der Waals surface area contributed by atoms with Crippen LogP contribution in [0.5, 0.6) is 0 Å². The van der Waals surface area contributed by atoms with Crippen LogP contribution in [-0.2, 0) is 6.42 Å². The van der Waals surface area contributed by atoms with Crippen molar-refractivity contribution in [2.45, 2.75) is 13.3 Å². The van der Waals surface area contributed by atoms with E-state index >= 15 is 0 Å². The van der Waals surface area contributed by atoms with Gasteiger partial charge in [-0.3, -0.25) is 0 Å². The first kappa shape index (κ1) is 11.9. The van der Waals surface area contributed by atoms with Crippen molar-refractivity contribution in [3.8, 4) is 11.4 Å². The fourth-order valence-electron chi connectivity index (χ4n) is 1.84. The average molecular weight is 273 g/mol. The summed E-state index contributed by atoms with van der Waals surface area (Å²) in [4.78, 5) is 16.0. The zero-order valence-electron chi connectivity index (χ0n) is 10.2. The molecule has 2 aromatic heterocycles. The topological polar surface area (TPSA) is 67.5 Å². The number of carboxylic acid groups (broad SMARTS) is 1. The van der Waals surface area contributed by atoms with Gasteiger partial charge in [-0.25, -0.2) is 4.79 Å². The fourth-order valence-corrected chi connectivity index (χ4v) is 2.64. The Morgan fingerprint density at radius 1 is 1.37 bits per heavy atom. The lowest BCUT2D eigenvalue weighted by molar-refractivity contribution is 0.0688. The third kappa shape index (κ3) is 2.00. The molecule has 19 heavy (non-hydrogen) atoms. The quantitative estimate of drug-likeness (QED) is 0.796. The van der Waals surface area contributed by atoms with Gasteiger partial charge in [-0.05, 0) is 12.0 Å². The number of carboxylic acids is 1. The van der Waals surface area contributed by atoms with E-state index in [0.717, 1.165) is 12.0 Å². The maximum Gasteiger partial charge on any atom is 0.355 e. The molecule has 0 aliphatic heterocycles. The summed E-state index contributed by atoms with van der Waals surface area (Å²) in [6.45, 7) is 2.10. The Labute approximate surface area is 113 Å². The zero-order chi connectivity index (χ0) is 13.4. The van der Waals surface area contributed by atoms with E-state index in [9.17, 15) is 4.79 Å². The molecule has 0 fully saturated rings. The second kappa shape index (κ2) is 4.47. The lowest BCUT2D eigenvalue weighted by Gasteiger charge is -1.97. The van der Waals surface area contributed by atoms with Crippen molar-refractivity contribution >= 4 is 22.3 Å². The third-order valence-corrected chi connectivity index (χ3v) is 3.74. The highest BCUT2D eigenvalue weighted by molar-refractivity contribution is 7.15. The summed E-state index contributed by atoms with van der Waals surface area (Å²) in [5, 5.41) is 14.8. The van der Waals surface area contributed by atoms with Crippen molar-refractivity contribution in [1.82, 2.24) is 14.6 Å². The van der Waals surface area contributed by atoms with Gasteiger partial charge in [0.2, 0.25) is 4.96 Å². The highest BCUT2D eigenvalue weighted by Crippen LogP contribution is 2.21. The molecule has 0 atom stereocenters. The molecular weight excluding hydrogens is 262 g/mol. The molecule has 0 aliphatic rings. The van der Waals surface area contributed by atoms with Crippen LogP contribution in [0.4, 0.5) is 0 Å². The van der Waals surface area contributed by atoms with Gasteiger partial charge in [0.05, 0.1) is 0 Å². The van der Waals surface area contributed by atoms with Crippen molar-refractivity contribution in [3.05, 3.63) is 40.9 Å². The highest BCUT2D eigenvalue weighted by Gasteiger charge is 2.15. The molecule has 5 nitrogen and oxygen atoms in total.